The minimum Gasteiger partial charge on any atom is -0.490 e. The van der Waals surface area contributed by atoms with Gasteiger partial charge in [-0.25, -0.2) is 8.42 Å². The fraction of sp³-hybridized carbons (Fsp3) is 0.400. The Morgan fingerprint density at radius 1 is 1.12 bits per heavy atom. The Balaban J connectivity index is 1.35. The van der Waals surface area contributed by atoms with Crippen molar-refractivity contribution in [3.63, 3.8) is 0 Å². The number of para-hydroxylation sites is 1. The standard InChI is InChI=1S/C25H31N3O5S/c1-4-32-22-10-6-8-20-16-23(33-25(20)22)19(3)26-24(29)17-34(30,31)28-13-11-27(12-14-28)21-9-5-7-18(2)15-21/h5-10,15-16,19H,4,11-14,17H2,1-3H3,(H,26,29). The van der Waals surface area contributed by atoms with Gasteiger partial charge >= 0.3 is 0 Å². The lowest BCUT2D eigenvalue weighted by atomic mass is 10.2. The number of benzene rings is 2. The van der Waals surface area contributed by atoms with Gasteiger partial charge in [-0.1, -0.05) is 24.3 Å². The first-order valence-corrected chi connectivity index (χ1v) is 13.1. The molecule has 1 N–H and O–H groups in total. The van der Waals surface area contributed by atoms with Crippen LogP contribution in [0.5, 0.6) is 5.75 Å². The Morgan fingerprint density at radius 3 is 2.56 bits per heavy atom. The molecule has 1 atom stereocenters. The van der Waals surface area contributed by atoms with Crippen LogP contribution in [-0.4, -0.2) is 57.2 Å². The number of piperazine rings is 1. The molecular weight excluding hydrogens is 454 g/mol. The highest BCUT2D eigenvalue weighted by molar-refractivity contribution is 7.89. The largest absolute Gasteiger partial charge is 0.490 e. The summed E-state index contributed by atoms with van der Waals surface area (Å²) in [6.07, 6.45) is 0. The monoisotopic (exact) mass is 485 g/mol. The van der Waals surface area contributed by atoms with E-state index in [1.165, 1.54) is 4.31 Å². The Bertz CT molecular complexity index is 1260. The summed E-state index contributed by atoms with van der Waals surface area (Å²) in [4.78, 5) is 14.8. The van der Waals surface area contributed by atoms with E-state index in [1.807, 2.05) is 56.3 Å². The van der Waals surface area contributed by atoms with E-state index in [0.717, 1.165) is 16.6 Å². The zero-order valence-corrected chi connectivity index (χ0v) is 20.6. The van der Waals surface area contributed by atoms with E-state index in [9.17, 15) is 13.2 Å². The number of carbonyl (C=O) groups is 1. The van der Waals surface area contributed by atoms with Gasteiger partial charge in [0, 0.05) is 37.3 Å². The van der Waals surface area contributed by atoms with Crippen LogP contribution in [0.25, 0.3) is 11.0 Å². The smallest absolute Gasteiger partial charge is 0.237 e. The molecule has 3 aromatic rings. The molecule has 1 amide bonds. The molecule has 0 spiro atoms. The van der Waals surface area contributed by atoms with Crippen LogP contribution in [-0.2, 0) is 14.8 Å². The van der Waals surface area contributed by atoms with Gasteiger partial charge in [0.15, 0.2) is 11.3 Å². The molecule has 1 aliphatic heterocycles. The SMILES string of the molecule is CCOc1cccc2cc(C(C)NC(=O)CS(=O)(=O)N3CCN(c4cccc(C)c4)CC3)oc12. The fourth-order valence-corrected chi connectivity index (χ4v) is 5.52. The first-order chi connectivity index (χ1) is 16.3. The summed E-state index contributed by atoms with van der Waals surface area (Å²) < 4.78 is 38.7. The summed E-state index contributed by atoms with van der Waals surface area (Å²) in [6.45, 7) is 8.08. The zero-order valence-electron chi connectivity index (χ0n) is 19.8. The van der Waals surface area contributed by atoms with Gasteiger partial charge in [0.2, 0.25) is 15.9 Å². The third-order valence-electron chi connectivity index (χ3n) is 5.94. The third-order valence-corrected chi connectivity index (χ3v) is 7.72. The Morgan fingerprint density at radius 2 is 1.85 bits per heavy atom. The van der Waals surface area contributed by atoms with E-state index < -0.39 is 27.7 Å². The van der Waals surface area contributed by atoms with Gasteiger partial charge in [0.1, 0.15) is 11.5 Å². The van der Waals surface area contributed by atoms with E-state index in [1.54, 1.807) is 6.92 Å². The van der Waals surface area contributed by atoms with Crippen molar-refractivity contribution in [3.8, 4) is 5.75 Å². The maximum Gasteiger partial charge on any atom is 0.237 e. The molecule has 4 rings (SSSR count). The average molecular weight is 486 g/mol. The van der Waals surface area contributed by atoms with Crippen LogP contribution in [0.2, 0.25) is 0 Å². The molecule has 1 saturated heterocycles. The number of furan rings is 1. The highest BCUT2D eigenvalue weighted by Gasteiger charge is 2.30. The Labute approximate surface area is 200 Å². The van der Waals surface area contributed by atoms with Gasteiger partial charge in [0.05, 0.1) is 12.6 Å². The molecule has 8 nitrogen and oxygen atoms in total. The van der Waals surface area contributed by atoms with Crippen molar-refractivity contribution in [1.82, 2.24) is 9.62 Å². The zero-order chi connectivity index (χ0) is 24.3. The van der Waals surface area contributed by atoms with Crippen LogP contribution in [0.3, 0.4) is 0 Å². The molecule has 2 heterocycles. The molecule has 0 bridgehead atoms. The molecule has 9 heteroatoms. The topological polar surface area (TPSA) is 92.1 Å². The molecule has 1 aromatic heterocycles. The normalized spacial score (nSPS) is 15.9. The predicted octanol–water partition coefficient (Wildman–Crippen LogP) is 3.47. The number of nitrogens with one attached hydrogen (secondary N) is 1. The summed E-state index contributed by atoms with van der Waals surface area (Å²) in [7, 11) is -3.72. The van der Waals surface area contributed by atoms with Crippen molar-refractivity contribution in [1.29, 1.82) is 0 Å². The summed E-state index contributed by atoms with van der Waals surface area (Å²) in [5.41, 5.74) is 2.86. The number of hydrogen-bond acceptors (Lipinski definition) is 6. The molecule has 182 valence electrons. The molecular formula is C25H31N3O5S. The van der Waals surface area contributed by atoms with Crippen molar-refractivity contribution >= 4 is 32.6 Å². The van der Waals surface area contributed by atoms with E-state index >= 15 is 0 Å². The third kappa shape index (κ3) is 5.37. The number of rotatable bonds is 8. The van der Waals surface area contributed by atoms with Gasteiger partial charge in [0.25, 0.3) is 0 Å². The van der Waals surface area contributed by atoms with E-state index in [2.05, 4.69) is 16.3 Å². The quantitative estimate of drug-likeness (QED) is 0.525. The number of anilines is 1. The first-order valence-electron chi connectivity index (χ1n) is 11.5. The predicted molar refractivity (Wildman–Crippen MR) is 133 cm³/mol. The van der Waals surface area contributed by atoms with Crippen LogP contribution in [0, 0.1) is 6.92 Å². The molecule has 2 aromatic carbocycles. The van der Waals surface area contributed by atoms with Crippen LogP contribution in [0.4, 0.5) is 5.69 Å². The highest BCUT2D eigenvalue weighted by atomic mass is 32.2. The number of sulfonamides is 1. The number of amides is 1. The molecule has 1 aliphatic rings. The minimum atomic E-state index is -3.72. The number of aryl methyl sites for hydroxylation is 1. The summed E-state index contributed by atoms with van der Waals surface area (Å²) in [6, 6.07) is 15.1. The maximum absolute atomic E-state index is 12.9. The molecule has 34 heavy (non-hydrogen) atoms. The first kappa shape index (κ1) is 24.1. The molecule has 0 aliphatic carbocycles. The van der Waals surface area contributed by atoms with Crippen LogP contribution in [0.15, 0.2) is 52.9 Å². The lowest BCUT2D eigenvalue weighted by Crippen LogP contribution is -2.50. The summed E-state index contributed by atoms with van der Waals surface area (Å²) in [5.74, 6) is 0.0302. The Hall–Kier alpha value is -3.04. The van der Waals surface area contributed by atoms with Crippen LogP contribution >= 0.6 is 0 Å². The Kier molecular flexibility index (Phi) is 7.13. The fourth-order valence-electron chi connectivity index (χ4n) is 4.20. The van der Waals surface area contributed by atoms with Crippen molar-refractivity contribution in [3.05, 3.63) is 59.9 Å². The molecule has 0 radical (unpaired) electrons. The average Bonchev–Trinajstić information content (AvgIpc) is 3.25. The molecule has 1 fully saturated rings. The van der Waals surface area contributed by atoms with Gasteiger partial charge in [-0.2, -0.15) is 4.31 Å². The summed E-state index contributed by atoms with van der Waals surface area (Å²) >= 11 is 0. The number of hydrogen-bond donors (Lipinski definition) is 1. The van der Waals surface area contributed by atoms with Crippen molar-refractivity contribution in [2.75, 3.05) is 43.4 Å². The van der Waals surface area contributed by atoms with Crippen molar-refractivity contribution < 1.29 is 22.4 Å². The second-order valence-corrected chi connectivity index (χ2v) is 10.5. The van der Waals surface area contributed by atoms with Gasteiger partial charge in [-0.05, 0) is 50.6 Å². The molecule has 1 unspecified atom stereocenters. The van der Waals surface area contributed by atoms with Crippen molar-refractivity contribution in [2.45, 2.75) is 26.8 Å². The summed E-state index contributed by atoms with van der Waals surface area (Å²) in [5, 5.41) is 3.62. The highest BCUT2D eigenvalue weighted by Crippen LogP contribution is 2.31. The number of fused-ring (bicyclic) bond motifs is 1. The van der Waals surface area contributed by atoms with Crippen molar-refractivity contribution in [2.24, 2.45) is 0 Å². The second kappa shape index (κ2) is 10.1. The minimum absolute atomic E-state index is 0.350. The van der Waals surface area contributed by atoms with E-state index in [4.69, 9.17) is 9.15 Å². The van der Waals surface area contributed by atoms with Gasteiger partial charge < -0.3 is 19.4 Å². The molecule has 0 saturated carbocycles. The number of nitrogens with zero attached hydrogens (tertiary/aromatic N) is 2. The lowest BCUT2D eigenvalue weighted by molar-refractivity contribution is -0.119. The number of carbonyl (C=O) groups excluding carboxylic acids is 1. The van der Waals surface area contributed by atoms with Crippen LogP contribution < -0.4 is 15.0 Å². The van der Waals surface area contributed by atoms with Crippen LogP contribution in [0.1, 0.15) is 31.2 Å². The lowest BCUT2D eigenvalue weighted by Gasteiger charge is -2.35. The van der Waals surface area contributed by atoms with E-state index in [-0.39, 0.29) is 0 Å². The van der Waals surface area contributed by atoms with Gasteiger partial charge in [-0.15, -0.1) is 0 Å². The van der Waals surface area contributed by atoms with Gasteiger partial charge in [-0.3, -0.25) is 4.79 Å². The second-order valence-electron chi connectivity index (χ2n) is 8.53. The number of ether oxygens (including phenoxy) is 1. The van der Waals surface area contributed by atoms with E-state index in [0.29, 0.717) is 49.9 Å². The maximum atomic E-state index is 12.9.